The molecule has 1 heterocycles. The summed E-state index contributed by atoms with van der Waals surface area (Å²) in [6, 6.07) is 5.63. The predicted molar refractivity (Wildman–Crippen MR) is 80.5 cm³/mol. The first-order valence-corrected chi connectivity index (χ1v) is 6.47. The fourth-order valence-electron chi connectivity index (χ4n) is 1.63. The first kappa shape index (κ1) is 15.8. The summed E-state index contributed by atoms with van der Waals surface area (Å²) in [7, 11) is 3.27. The number of halogens is 1. The van der Waals surface area contributed by atoms with Gasteiger partial charge in [0.25, 0.3) is 0 Å². The van der Waals surface area contributed by atoms with Gasteiger partial charge in [-0.1, -0.05) is 0 Å². The normalized spacial score (nSPS) is 11.6. The molecule has 4 nitrogen and oxygen atoms in total. The van der Waals surface area contributed by atoms with E-state index >= 15 is 0 Å². The number of benzene rings is 1. The van der Waals surface area contributed by atoms with Gasteiger partial charge >= 0.3 is 0 Å². The van der Waals surface area contributed by atoms with Gasteiger partial charge in [-0.25, -0.2) is 4.98 Å². The van der Waals surface area contributed by atoms with Crippen molar-refractivity contribution in [3.8, 4) is 22.8 Å². The van der Waals surface area contributed by atoms with Gasteiger partial charge < -0.3 is 15.2 Å². The maximum absolute atomic E-state index is 5.82. The van der Waals surface area contributed by atoms with Crippen molar-refractivity contribution >= 4 is 23.7 Å². The lowest BCUT2D eigenvalue weighted by Crippen LogP contribution is -2.03. The molecular weight excluding hydrogens is 284 g/mol. The second-order valence-electron chi connectivity index (χ2n) is 3.93. The minimum absolute atomic E-state index is 0. The molecule has 104 valence electrons. The van der Waals surface area contributed by atoms with E-state index in [2.05, 4.69) is 4.98 Å². The third-order valence-corrected chi connectivity index (χ3v) is 3.64. The summed E-state index contributed by atoms with van der Waals surface area (Å²) >= 11 is 1.56. The van der Waals surface area contributed by atoms with Crippen LogP contribution >= 0.6 is 23.7 Å². The molecule has 0 aliphatic carbocycles. The van der Waals surface area contributed by atoms with E-state index in [1.807, 2.05) is 30.5 Å². The van der Waals surface area contributed by atoms with Crippen LogP contribution in [-0.4, -0.2) is 19.2 Å². The molecule has 0 saturated heterocycles. The van der Waals surface area contributed by atoms with E-state index in [-0.39, 0.29) is 18.4 Å². The number of thiazole rings is 1. The molecule has 0 amide bonds. The Kier molecular flexibility index (Phi) is 5.60. The van der Waals surface area contributed by atoms with Crippen molar-refractivity contribution in [2.45, 2.75) is 13.0 Å². The van der Waals surface area contributed by atoms with Crippen molar-refractivity contribution in [2.24, 2.45) is 5.73 Å². The Bertz CT molecular complexity index is 543. The third-order valence-electron chi connectivity index (χ3n) is 2.60. The molecule has 6 heteroatoms. The molecule has 0 saturated carbocycles. The molecule has 0 radical (unpaired) electrons. The Morgan fingerprint density at radius 3 is 2.53 bits per heavy atom. The van der Waals surface area contributed by atoms with Crippen molar-refractivity contribution in [3.63, 3.8) is 0 Å². The molecule has 1 atom stereocenters. The molecule has 0 aliphatic heterocycles. The molecule has 19 heavy (non-hydrogen) atoms. The van der Waals surface area contributed by atoms with Crippen LogP contribution in [0, 0.1) is 0 Å². The lowest BCUT2D eigenvalue weighted by atomic mass is 10.1. The first-order valence-electron chi connectivity index (χ1n) is 5.59. The zero-order valence-electron chi connectivity index (χ0n) is 11.0. The number of nitrogens with two attached hydrogens (primary N) is 1. The summed E-state index contributed by atoms with van der Waals surface area (Å²) in [5, 5.41) is 2.91. The van der Waals surface area contributed by atoms with Crippen molar-refractivity contribution in [2.75, 3.05) is 14.2 Å². The van der Waals surface area contributed by atoms with Gasteiger partial charge in [-0.05, 0) is 19.1 Å². The highest BCUT2D eigenvalue weighted by Crippen LogP contribution is 2.34. The van der Waals surface area contributed by atoms with Crippen molar-refractivity contribution in [1.29, 1.82) is 0 Å². The van der Waals surface area contributed by atoms with E-state index < -0.39 is 0 Å². The van der Waals surface area contributed by atoms with Crippen LogP contribution in [0.3, 0.4) is 0 Å². The quantitative estimate of drug-likeness (QED) is 0.941. The molecule has 0 aliphatic rings. The average molecular weight is 301 g/mol. The number of hydrogen-bond acceptors (Lipinski definition) is 5. The van der Waals surface area contributed by atoms with Gasteiger partial charge in [-0.2, -0.15) is 0 Å². The van der Waals surface area contributed by atoms with Crippen LogP contribution < -0.4 is 15.2 Å². The Morgan fingerprint density at radius 2 is 2.00 bits per heavy atom. The predicted octanol–water partition coefficient (Wildman–Crippen LogP) is 3.27. The first-order chi connectivity index (χ1) is 8.65. The Balaban J connectivity index is 0.00000180. The van der Waals surface area contributed by atoms with E-state index in [0.717, 1.165) is 27.8 Å². The molecule has 2 N–H and O–H groups in total. The Hall–Kier alpha value is -1.30. The molecule has 2 aromatic rings. The second kappa shape index (κ2) is 6.75. The number of hydrogen-bond donors (Lipinski definition) is 1. The number of aromatic nitrogens is 1. The molecule has 0 spiro atoms. The lowest BCUT2D eigenvalue weighted by Gasteiger charge is -2.08. The fourth-order valence-corrected chi connectivity index (χ4v) is 2.41. The third kappa shape index (κ3) is 3.37. The summed E-state index contributed by atoms with van der Waals surface area (Å²) < 4.78 is 10.5. The minimum Gasteiger partial charge on any atom is -0.497 e. The average Bonchev–Trinajstić information content (AvgIpc) is 2.87. The standard InChI is InChI=1S/C13H16N2O2S.ClH/c1-8(14)13-15-11(7-18-13)10-5-4-9(16-2)6-12(10)17-3;/h4-8H,14H2,1-3H3;1H. The van der Waals surface area contributed by atoms with Gasteiger partial charge in [-0.15, -0.1) is 23.7 Å². The summed E-state index contributed by atoms with van der Waals surface area (Å²) in [4.78, 5) is 4.52. The lowest BCUT2D eigenvalue weighted by molar-refractivity contribution is 0.395. The topological polar surface area (TPSA) is 57.4 Å². The largest absolute Gasteiger partial charge is 0.497 e. The highest BCUT2D eigenvalue weighted by molar-refractivity contribution is 7.10. The smallest absolute Gasteiger partial charge is 0.131 e. The SMILES string of the molecule is COc1ccc(-c2csc(C(C)N)n2)c(OC)c1.Cl. The monoisotopic (exact) mass is 300 g/mol. The van der Waals surface area contributed by atoms with Gasteiger partial charge in [0.05, 0.1) is 26.0 Å². The van der Waals surface area contributed by atoms with E-state index in [0.29, 0.717) is 0 Å². The number of ether oxygens (including phenoxy) is 2. The zero-order valence-corrected chi connectivity index (χ0v) is 12.7. The summed E-state index contributed by atoms with van der Waals surface area (Å²) in [6.07, 6.45) is 0. The Morgan fingerprint density at radius 1 is 1.26 bits per heavy atom. The van der Waals surface area contributed by atoms with Crippen LogP contribution in [0.5, 0.6) is 11.5 Å². The molecule has 0 fully saturated rings. The fraction of sp³-hybridized carbons (Fsp3) is 0.308. The van der Waals surface area contributed by atoms with Crippen molar-refractivity contribution in [3.05, 3.63) is 28.6 Å². The van der Waals surface area contributed by atoms with Crippen LogP contribution in [0.4, 0.5) is 0 Å². The van der Waals surface area contributed by atoms with Crippen LogP contribution in [0.25, 0.3) is 11.3 Å². The van der Waals surface area contributed by atoms with Crippen molar-refractivity contribution < 1.29 is 9.47 Å². The second-order valence-corrected chi connectivity index (χ2v) is 4.82. The van der Waals surface area contributed by atoms with E-state index in [9.17, 15) is 0 Å². The number of nitrogens with zero attached hydrogens (tertiary/aromatic N) is 1. The van der Waals surface area contributed by atoms with Crippen LogP contribution in [0.1, 0.15) is 18.0 Å². The van der Waals surface area contributed by atoms with E-state index in [1.54, 1.807) is 25.6 Å². The van der Waals surface area contributed by atoms with Crippen LogP contribution in [0.15, 0.2) is 23.6 Å². The van der Waals surface area contributed by atoms with Gasteiger partial charge in [0, 0.05) is 17.0 Å². The van der Waals surface area contributed by atoms with Gasteiger partial charge in [0.2, 0.25) is 0 Å². The summed E-state index contributed by atoms with van der Waals surface area (Å²) in [6.45, 7) is 1.92. The maximum Gasteiger partial charge on any atom is 0.131 e. The van der Waals surface area contributed by atoms with Gasteiger partial charge in [-0.3, -0.25) is 0 Å². The van der Waals surface area contributed by atoms with E-state index in [1.165, 1.54) is 0 Å². The molecule has 1 unspecified atom stereocenters. The molecular formula is C13H17ClN2O2S. The highest BCUT2D eigenvalue weighted by atomic mass is 35.5. The zero-order chi connectivity index (χ0) is 13.1. The number of rotatable bonds is 4. The molecule has 1 aromatic carbocycles. The molecule has 0 bridgehead atoms. The van der Waals surface area contributed by atoms with E-state index in [4.69, 9.17) is 15.2 Å². The van der Waals surface area contributed by atoms with Crippen molar-refractivity contribution in [1.82, 2.24) is 4.98 Å². The summed E-state index contributed by atoms with van der Waals surface area (Å²) in [5.74, 6) is 1.51. The van der Waals surface area contributed by atoms with Crippen LogP contribution in [0.2, 0.25) is 0 Å². The maximum atomic E-state index is 5.82. The molecule has 1 aromatic heterocycles. The summed E-state index contributed by atoms with van der Waals surface area (Å²) in [5.41, 5.74) is 7.65. The Labute approximate surface area is 123 Å². The number of methoxy groups -OCH3 is 2. The minimum atomic E-state index is -0.0482. The van der Waals surface area contributed by atoms with Gasteiger partial charge in [0.15, 0.2) is 0 Å². The highest BCUT2D eigenvalue weighted by Gasteiger charge is 2.12. The van der Waals surface area contributed by atoms with Gasteiger partial charge in [0.1, 0.15) is 16.5 Å². The van der Waals surface area contributed by atoms with Crippen LogP contribution in [-0.2, 0) is 0 Å². The molecule has 2 rings (SSSR count).